The van der Waals surface area contributed by atoms with Crippen molar-refractivity contribution in [3.8, 4) is 5.75 Å². The van der Waals surface area contributed by atoms with Crippen molar-refractivity contribution < 1.29 is 14.7 Å². The van der Waals surface area contributed by atoms with Crippen molar-refractivity contribution in [1.82, 2.24) is 4.90 Å². The summed E-state index contributed by atoms with van der Waals surface area (Å²) < 4.78 is 5.38. The fraction of sp³-hybridized carbons (Fsp3) is 0.296. The summed E-state index contributed by atoms with van der Waals surface area (Å²) in [4.78, 5) is 8.02. The van der Waals surface area contributed by atoms with Gasteiger partial charge in [0.1, 0.15) is 11.9 Å². The predicted octanol–water partition coefficient (Wildman–Crippen LogP) is 4.29. The summed E-state index contributed by atoms with van der Waals surface area (Å²) in [6, 6.07) is 28.3. The van der Waals surface area contributed by atoms with Gasteiger partial charge in [0.15, 0.2) is 0 Å². The zero-order valence-corrected chi connectivity index (χ0v) is 18.4. The Bertz CT molecular complexity index is 1010. The fourth-order valence-electron chi connectivity index (χ4n) is 4.10. The molecule has 2 atom stereocenters. The minimum atomic E-state index is -0.473. The van der Waals surface area contributed by atoms with Crippen molar-refractivity contribution in [1.29, 1.82) is 0 Å². The molecule has 0 radical (unpaired) electrons. The summed E-state index contributed by atoms with van der Waals surface area (Å²) in [7, 11) is 1.68. The van der Waals surface area contributed by atoms with Crippen LogP contribution in [0.3, 0.4) is 0 Å². The van der Waals surface area contributed by atoms with Crippen LogP contribution in [0.1, 0.15) is 23.1 Å². The Hall–Kier alpha value is -3.15. The van der Waals surface area contributed by atoms with E-state index in [2.05, 4.69) is 40.4 Å². The summed E-state index contributed by atoms with van der Waals surface area (Å²) in [5.74, 6) is 0.832. The van der Waals surface area contributed by atoms with E-state index < -0.39 is 6.10 Å². The number of aliphatic hydroxyl groups excluding tert-OH is 1. The van der Waals surface area contributed by atoms with Crippen LogP contribution in [0.2, 0.25) is 0 Å². The average Bonchev–Trinajstić information content (AvgIpc) is 3.29. The summed E-state index contributed by atoms with van der Waals surface area (Å²) in [5.41, 5.74) is 4.34. The standard InChI is InChI=1S/C27H30N2O3/c1-31-25-14-8-11-22(16-25)18-29(19-24(30)15-21-9-4-2-5-10-21)20-26-17-27(28-32-26)23-12-6-3-7-13-23/h2-14,16,24,26,30H,15,17-20H2,1H3/t24-,26+/m0/s1. The van der Waals surface area contributed by atoms with E-state index >= 15 is 0 Å². The van der Waals surface area contributed by atoms with Gasteiger partial charge in [0.05, 0.1) is 18.9 Å². The van der Waals surface area contributed by atoms with E-state index in [1.54, 1.807) is 7.11 Å². The molecule has 1 heterocycles. The van der Waals surface area contributed by atoms with Crippen molar-refractivity contribution in [3.63, 3.8) is 0 Å². The van der Waals surface area contributed by atoms with E-state index in [0.29, 0.717) is 26.1 Å². The molecule has 0 unspecified atom stereocenters. The largest absolute Gasteiger partial charge is 0.497 e. The summed E-state index contributed by atoms with van der Waals surface area (Å²) >= 11 is 0. The maximum Gasteiger partial charge on any atom is 0.145 e. The monoisotopic (exact) mass is 430 g/mol. The minimum Gasteiger partial charge on any atom is -0.497 e. The fourth-order valence-corrected chi connectivity index (χ4v) is 4.10. The lowest BCUT2D eigenvalue weighted by Crippen LogP contribution is -2.38. The first-order valence-electron chi connectivity index (χ1n) is 11.0. The first-order chi connectivity index (χ1) is 15.7. The summed E-state index contributed by atoms with van der Waals surface area (Å²) in [6.45, 7) is 1.93. The first kappa shape index (κ1) is 22.1. The van der Waals surface area contributed by atoms with Crippen LogP contribution in [0.25, 0.3) is 0 Å². The minimum absolute atomic E-state index is 0.0419. The van der Waals surface area contributed by atoms with Crippen LogP contribution in [-0.2, 0) is 17.8 Å². The molecule has 0 aliphatic carbocycles. The van der Waals surface area contributed by atoms with Crippen molar-refractivity contribution in [2.45, 2.75) is 31.6 Å². The highest BCUT2D eigenvalue weighted by atomic mass is 16.6. The predicted molar refractivity (Wildman–Crippen MR) is 127 cm³/mol. The lowest BCUT2D eigenvalue weighted by molar-refractivity contribution is 0.0322. The van der Waals surface area contributed by atoms with Crippen molar-refractivity contribution in [2.24, 2.45) is 5.16 Å². The number of hydrogen-bond acceptors (Lipinski definition) is 5. The maximum absolute atomic E-state index is 10.8. The third-order valence-corrected chi connectivity index (χ3v) is 5.63. The highest BCUT2D eigenvalue weighted by molar-refractivity contribution is 6.01. The number of benzene rings is 3. The zero-order valence-electron chi connectivity index (χ0n) is 18.4. The van der Waals surface area contributed by atoms with Gasteiger partial charge in [-0.2, -0.15) is 0 Å². The number of nitrogens with zero attached hydrogens (tertiary/aromatic N) is 2. The van der Waals surface area contributed by atoms with Gasteiger partial charge >= 0.3 is 0 Å². The molecule has 5 heteroatoms. The van der Waals surface area contributed by atoms with Gasteiger partial charge in [-0.1, -0.05) is 78.0 Å². The van der Waals surface area contributed by atoms with E-state index in [0.717, 1.165) is 34.6 Å². The van der Waals surface area contributed by atoms with Crippen LogP contribution >= 0.6 is 0 Å². The molecule has 0 fully saturated rings. The smallest absolute Gasteiger partial charge is 0.145 e. The Morgan fingerprint density at radius 1 is 1.00 bits per heavy atom. The third-order valence-electron chi connectivity index (χ3n) is 5.63. The Kier molecular flexibility index (Phi) is 7.54. The van der Waals surface area contributed by atoms with Crippen LogP contribution in [0.5, 0.6) is 5.75 Å². The van der Waals surface area contributed by atoms with E-state index in [-0.39, 0.29) is 6.10 Å². The summed E-state index contributed by atoms with van der Waals surface area (Å²) in [6.07, 6.45) is 0.860. The van der Waals surface area contributed by atoms with Gasteiger partial charge in [0, 0.05) is 26.1 Å². The average molecular weight is 431 g/mol. The molecule has 1 aliphatic heterocycles. The molecule has 0 saturated carbocycles. The highest BCUT2D eigenvalue weighted by Crippen LogP contribution is 2.20. The van der Waals surface area contributed by atoms with E-state index in [1.165, 1.54) is 0 Å². The van der Waals surface area contributed by atoms with Crippen LogP contribution < -0.4 is 4.74 Å². The number of aliphatic hydroxyl groups is 1. The van der Waals surface area contributed by atoms with E-state index in [1.807, 2.05) is 54.6 Å². The molecule has 1 aliphatic rings. The first-order valence-corrected chi connectivity index (χ1v) is 11.0. The second-order valence-corrected chi connectivity index (χ2v) is 8.22. The zero-order chi connectivity index (χ0) is 22.2. The maximum atomic E-state index is 10.8. The Morgan fingerprint density at radius 2 is 1.72 bits per heavy atom. The molecule has 1 N–H and O–H groups in total. The van der Waals surface area contributed by atoms with E-state index in [9.17, 15) is 5.11 Å². The molecule has 32 heavy (non-hydrogen) atoms. The number of ether oxygens (including phenoxy) is 1. The molecule has 166 valence electrons. The quantitative estimate of drug-likeness (QED) is 0.521. The molecule has 0 amide bonds. The molecule has 4 rings (SSSR count). The molecular weight excluding hydrogens is 400 g/mol. The van der Waals surface area contributed by atoms with Crippen LogP contribution in [0, 0.1) is 0 Å². The summed E-state index contributed by atoms with van der Waals surface area (Å²) in [5, 5.41) is 15.1. The second-order valence-electron chi connectivity index (χ2n) is 8.22. The van der Waals surface area contributed by atoms with Gasteiger partial charge in [0.2, 0.25) is 0 Å². The second kappa shape index (κ2) is 10.9. The molecular formula is C27H30N2O3. The molecule has 5 nitrogen and oxygen atoms in total. The van der Waals surface area contributed by atoms with Gasteiger partial charge in [-0.25, -0.2) is 0 Å². The van der Waals surface area contributed by atoms with Gasteiger partial charge in [-0.3, -0.25) is 4.90 Å². The van der Waals surface area contributed by atoms with Crippen molar-refractivity contribution in [2.75, 3.05) is 20.2 Å². The van der Waals surface area contributed by atoms with Gasteiger partial charge in [0.25, 0.3) is 0 Å². The lowest BCUT2D eigenvalue weighted by Gasteiger charge is -2.27. The molecule has 0 bridgehead atoms. The Morgan fingerprint density at radius 3 is 2.47 bits per heavy atom. The Labute approximate surface area is 189 Å². The van der Waals surface area contributed by atoms with E-state index in [4.69, 9.17) is 9.57 Å². The number of rotatable bonds is 10. The molecule has 3 aromatic carbocycles. The van der Waals surface area contributed by atoms with Gasteiger partial charge in [-0.15, -0.1) is 0 Å². The Balaban J connectivity index is 1.42. The SMILES string of the molecule is COc1cccc(CN(C[C@@H](O)Cc2ccccc2)C[C@H]2CC(c3ccccc3)=NO2)c1. The molecule has 3 aromatic rings. The number of hydrogen-bond donors (Lipinski definition) is 1. The van der Waals surface area contributed by atoms with Crippen molar-refractivity contribution >= 4 is 5.71 Å². The molecule has 0 aromatic heterocycles. The number of oxime groups is 1. The molecule has 0 saturated heterocycles. The van der Waals surface area contributed by atoms with Crippen LogP contribution in [0.4, 0.5) is 0 Å². The third kappa shape index (κ3) is 6.19. The highest BCUT2D eigenvalue weighted by Gasteiger charge is 2.25. The topological polar surface area (TPSA) is 54.3 Å². The van der Waals surface area contributed by atoms with Crippen LogP contribution in [0.15, 0.2) is 90.1 Å². The lowest BCUT2D eigenvalue weighted by atomic mass is 10.0. The molecule has 0 spiro atoms. The van der Waals surface area contributed by atoms with Crippen molar-refractivity contribution in [3.05, 3.63) is 102 Å². The normalized spacial score (nSPS) is 16.5. The number of methoxy groups -OCH3 is 1. The van der Waals surface area contributed by atoms with Crippen LogP contribution in [-0.4, -0.2) is 48.1 Å². The van der Waals surface area contributed by atoms with Gasteiger partial charge in [-0.05, 0) is 35.2 Å². The van der Waals surface area contributed by atoms with Gasteiger partial charge < -0.3 is 14.7 Å².